The zero-order valence-electron chi connectivity index (χ0n) is 17.9. The lowest BCUT2D eigenvalue weighted by Gasteiger charge is -2.36. The van der Waals surface area contributed by atoms with Gasteiger partial charge in [-0.2, -0.15) is 4.98 Å². The first-order valence-corrected chi connectivity index (χ1v) is 10.5. The first-order valence-electron chi connectivity index (χ1n) is 10.5. The van der Waals surface area contributed by atoms with Gasteiger partial charge in [-0.15, -0.1) is 0 Å². The fourth-order valence-electron chi connectivity index (χ4n) is 3.89. The summed E-state index contributed by atoms with van der Waals surface area (Å²) in [6.45, 7) is 10.1. The quantitative estimate of drug-likeness (QED) is 0.768. The van der Waals surface area contributed by atoms with E-state index in [9.17, 15) is 9.18 Å². The lowest BCUT2D eigenvalue weighted by molar-refractivity contribution is 0.0745. The molecule has 2 saturated heterocycles. The summed E-state index contributed by atoms with van der Waals surface area (Å²) in [5.41, 5.74) is 1.89. The molecule has 0 N–H and O–H groups in total. The summed E-state index contributed by atoms with van der Waals surface area (Å²) in [6, 6.07) is 6.72. The molecule has 0 bridgehead atoms. The molecule has 2 aliphatic rings. The average molecular weight is 413 g/mol. The summed E-state index contributed by atoms with van der Waals surface area (Å²) in [5.74, 6) is 1.22. The third-order valence-electron chi connectivity index (χ3n) is 5.92. The second kappa shape index (κ2) is 8.55. The highest BCUT2D eigenvalue weighted by Crippen LogP contribution is 2.21. The first-order chi connectivity index (χ1) is 14.4. The van der Waals surface area contributed by atoms with Crippen LogP contribution in [0.5, 0.6) is 0 Å². The van der Waals surface area contributed by atoms with Crippen LogP contribution in [0.1, 0.15) is 21.6 Å². The van der Waals surface area contributed by atoms with Gasteiger partial charge in [-0.1, -0.05) is 6.07 Å². The molecule has 2 aromatic rings. The fourth-order valence-corrected chi connectivity index (χ4v) is 3.89. The number of aromatic nitrogens is 2. The Kier molecular flexibility index (Phi) is 5.85. The zero-order valence-corrected chi connectivity index (χ0v) is 17.9. The van der Waals surface area contributed by atoms with E-state index in [1.807, 2.05) is 13.0 Å². The summed E-state index contributed by atoms with van der Waals surface area (Å²) in [4.78, 5) is 30.7. The molecule has 30 heavy (non-hydrogen) atoms. The van der Waals surface area contributed by atoms with E-state index in [0.29, 0.717) is 37.3 Å². The van der Waals surface area contributed by atoms with Crippen molar-refractivity contribution in [3.63, 3.8) is 0 Å². The SMILES string of the molecule is Cc1cc(N2CCN(C)CC2)nc(N2CCN(C(=O)c3ccc(C)c(F)c3)CC2)n1. The molecule has 1 aromatic carbocycles. The highest BCUT2D eigenvalue weighted by Gasteiger charge is 2.25. The third-order valence-corrected chi connectivity index (χ3v) is 5.92. The Morgan fingerprint density at radius 2 is 1.57 bits per heavy atom. The smallest absolute Gasteiger partial charge is 0.254 e. The van der Waals surface area contributed by atoms with Crippen molar-refractivity contribution in [3.05, 3.63) is 46.9 Å². The van der Waals surface area contributed by atoms with Gasteiger partial charge in [0.1, 0.15) is 11.6 Å². The molecule has 1 aromatic heterocycles. The monoisotopic (exact) mass is 412 g/mol. The molecule has 160 valence electrons. The number of likely N-dealkylation sites (N-methyl/N-ethyl adjacent to an activating group) is 1. The molecule has 4 rings (SSSR count). The number of aryl methyl sites for hydroxylation is 2. The highest BCUT2D eigenvalue weighted by atomic mass is 19.1. The van der Waals surface area contributed by atoms with Gasteiger partial charge >= 0.3 is 0 Å². The molecule has 0 atom stereocenters. The van der Waals surface area contributed by atoms with Gasteiger partial charge in [0, 0.05) is 69.7 Å². The Morgan fingerprint density at radius 1 is 0.900 bits per heavy atom. The molecule has 0 saturated carbocycles. The molecule has 0 unspecified atom stereocenters. The predicted octanol–water partition coefficient (Wildman–Crippen LogP) is 1.95. The Morgan fingerprint density at radius 3 is 2.23 bits per heavy atom. The highest BCUT2D eigenvalue weighted by molar-refractivity contribution is 5.94. The Labute approximate surface area is 177 Å². The largest absolute Gasteiger partial charge is 0.354 e. The third kappa shape index (κ3) is 4.38. The van der Waals surface area contributed by atoms with E-state index in [0.717, 1.165) is 43.6 Å². The topological polar surface area (TPSA) is 55.8 Å². The van der Waals surface area contributed by atoms with E-state index < -0.39 is 0 Å². The van der Waals surface area contributed by atoms with Crippen LogP contribution in [0.2, 0.25) is 0 Å². The molecule has 2 aliphatic heterocycles. The number of benzene rings is 1. The van der Waals surface area contributed by atoms with Crippen molar-refractivity contribution in [2.24, 2.45) is 0 Å². The lowest BCUT2D eigenvalue weighted by atomic mass is 10.1. The Bertz CT molecular complexity index is 920. The van der Waals surface area contributed by atoms with Gasteiger partial charge in [0.05, 0.1) is 0 Å². The number of carbonyl (C=O) groups excluding carboxylic acids is 1. The van der Waals surface area contributed by atoms with Crippen molar-refractivity contribution in [2.45, 2.75) is 13.8 Å². The summed E-state index contributed by atoms with van der Waals surface area (Å²) in [6.07, 6.45) is 0. The maximum atomic E-state index is 13.8. The van der Waals surface area contributed by atoms with Crippen LogP contribution in [0.4, 0.5) is 16.2 Å². The number of halogens is 1. The normalized spacial score (nSPS) is 18.1. The van der Waals surface area contributed by atoms with E-state index in [1.54, 1.807) is 24.0 Å². The molecule has 0 aliphatic carbocycles. The van der Waals surface area contributed by atoms with Crippen LogP contribution >= 0.6 is 0 Å². The molecular weight excluding hydrogens is 383 g/mol. The summed E-state index contributed by atoms with van der Waals surface area (Å²) >= 11 is 0. The number of hydrogen-bond acceptors (Lipinski definition) is 6. The maximum Gasteiger partial charge on any atom is 0.254 e. The Balaban J connectivity index is 1.42. The van der Waals surface area contributed by atoms with E-state index in [-0.39, 0.29) is 11.7 Å². The molecule has 8 heteroatoms. The predicted molar refractivity (Wildman–Crippen MR) is 116 cm³/mol. The van der Waals surface area contributed by atoms with Crippen molar-refractivity contribution in [1.82, 2.24) is 19.8 Å². The van der Waals surface area contributed by atoms with Crippen molar-refractivity contribution in [3.8, 4) is 0 Å². The minimum Gasteiger partial charge on any atom is -0.354 e. The van der Waals surface area contributed by atoms with Crippen LogP contribution in [0.3, 0.4) is 0 Å². The van der Waals surface area contributed by atoms with Gasteiger partial charge in [0.2, 0.25) is 5.95 Å². The summed E-state index contributed by atoms with van der Waals surface area (Å²) in [5, 5.41) is 0. The fraction of sp³-hybridized carbons (Fsp3) is 0.500. The number of carbonyl (C=O) groups is 1. The van der Waals surface area contributed by atoms with Gasteiger partial charge in [-0.3, -0.25) is 4.79 Å². The average Bonchev–Trinajstić information content (AvgIpc) is 2.75. The van der Waals surface area contributed by atoms with Crippen LogP contribution in [0.25, 0.3) is 0 Å². The summed E-state index contributed by atoms with van der Waals surface area (Å²) < 4.78 is 13.8. The van der Waals surface area contributed by atoms with Crippen molar-refractivity contribution in [1.29, 1.82) is 0 Å². The van der Waals surface area contributed by atoms with Gasteiger partial charge in [-0.05, 0) is 38.6 Å². The number of nitrogens with zero attached hydrogens (tertiary/aromatic N) is 6. The van der Waals surface area contributed by atoms with Gasteiger partial charge in [0.15, 0.2) is 0 Å². The minimum absolute atomic E-state index is 0.128. The van der Waals surface area contributed by atoms with Crippen molar-refractivity contribution in [2.75, 3.05) is 69.2 Å². The second-order valence-electron chi connectivity index (χ2n) is 8.20. The van der Waals surface area contributed by atoms with E-state index >= 15 is 0 Å². The zero-order chi connectivity index (χ0) is 21.3. The second-order valence-corrected chi connectivity index (χ2v) is 8.20. The molecule has 0 spiro atoms. The van der Waals surface area contributed by atoms with Gasteiger partial charge in [-0.25, -0.2) is 9.37 Å². The van der Waals surface area contributed by atoms with E-state index in [1.165, 1.54) is 6.07 Å². The first kappa shape index (κ1) is 20.5. The van der Waals surface area contributed by atoms with E-state index in [4.69, 9.17) is 4.98 Å². The van der Waals surface area contributed by atoms with Crippen LogP contribution in [0, 0.1) is 19.7 Å². The lowest BCUT2D eigenvalue weighted by Crippen LogP contribution is -2.49. The number of amides is 1. The van der Waals surface area contributed by atoms with Crippen LogP contribution in [0.15, 0.2) is 24.3 Å². The molecule has 0 radical (unpaired) electrons. The van der Waals surface area contributed by atoms with Crippen LogP contribution < -0.4 is 9.80 Å². The van der Waals surface area contributed by atoms with Gasteiger partial charge < -0.3 is 19.6 Å². The molecule has 7 nitrogen and oxygen atoms in total. The van der Waals surface area contributed by atoms with Gasteiger partial charge in [0.25, 0.3) is 5.91 Å². The number of hydrogen-bond donors (Lipinski definition) is 0. The van der Waals surface area contributed by atoms with Crippen LogP contribution in [-0.4, -0.2) is 85.1 Å². The minimum atomic E-state index is -0.343. The van der Waals surface area contributed by atoms with E-state index in [2.05, 4.69) is 26.7 Å². The van der Waals surface area contributed by atoms with Crippen molar-refractivity contribution >= 4 is 17.7 Å². The molecule has 1 amide bonds. The maximum absolute atomic E-state index is 13.8. The Hall–Kier alpha value is -2.74. The molecular formula is C22H29FN6O. The number of rotatable bonds is 3. The standard InChI is InChI=1S/C22H29FN6O/c1-16-4-5-18(15-19(16)23)21(30)28-10-12-29(13-11-28)22-24-17(2)14-20(25-22)27-8-6-26(3)7-9-27/h4-5,14-15H,6-13H2,1-3H3. The molecule has 3 heterocycles. The molecule has 2 fully saturated rings. The van der Waals surface area contributed by atoms with Crippen molar-refractivity contribution < 1.29 is 9.18 Å². The number of piperazine rings is 2. The number of anilines is 2. The summed E-state index contributed by atoms with van der Waals surface area (Å²) in [7, 11) is 2.14. The van der Waals surface area contributed by atoms with Crippen LogP contribution in [-0.2, 0) is 0 Å².